The summed E-state index contributed by atoms with van der Waals surface area (Å²) in [4.78, 5) is 12.1. The number of rotatable bonds is 8. The van der Waals surface area contributed by atoms with Crippen LogP contribution in [-0.2, 0) is 24.1 Å². The van der Waals surface area contributed by atoms with Crippen molar-refractivity contribution in [3.05, 3.63) is 59.2 Å². The number of ether oxygens (including phenoxy) is 1. The molecular weight excluding hydrogens is 332 g/mol. The molecule has 0 saturated heterocycles. The minimum absolute atomic E-state index is 0.268. The highest BCUT2D eigenvalue weighted by Gasteiger charge is 2.18. The lowest BCUT2D eigenvalue weighted by molar-refractivity contribution is -0.139. The van der Waals surface area contributed by atoms with E-state index in [2.05, 4.69) is 36.4 Å². The summed E-state index contributed by atoms with van der Waals surface area (Å²) in [6.45, 7) is -0.268. The van der Waals surface area contributed by atoms with Crippen LogP contribution < -0.4 is 4.74 Å². The summed E-state index contributed by atoms with van der Waals surface area (Å²) in [5, 5.41) is 8.84. The standard InChI is InChI=1S/C21H24O3S/c22-21(23)15-24-19-12-13-20(18-11-5-4-10-17(18)19)25-14-6-9-16-7-2-1-3-8-16/h1-3,7-8,12-13H,4-6,9-11,14-15H2,(H,22,23). The number of aryl methyl sites for hydroxylation is 1. The van der Waals surface area contributed by atoms with E-state index in [-0.39, 0.29) is 6.61 Å². The lowest BCUT2D eigenvalue weighted by Gasteiger charge is -2.22. The van der Waals surface area contributed by atoms with Gasteiger partial charge in [0.25, 0.3) is 0 Å². The molecule has 1 aliphatic rings. The Hall–Kier alpha value is -1.94. The summed E-state index contributed by atoms with van der Waals surface area (Å²) in [6, 6.07) is 14.7. The van der Waals surface area contributed by atoms with Crippen molar-refractivity contribution in [2.24, 2.45) is 0 Å². The Morgan fingerprint density at radius 2 is 1.80 bits per heavy atom. The molecule has 4 heteroatoms. The van der Waals surface area contributed by atoms with E-state index in [1.807, 2.05) is 17.8 Å². The van der Waals surface area contributed by atoms with E-state index in [9.17, 15) is 4.79 Å². The van der Waals surface area contributed by atoms with Crippen LogP contribution >= 0.6 is 11.8 Å². The van der Waals surface area contributed by atoms with Gasteiger partial charge < -0.3 is 9.84 Å². The van der Waals surface area contributed by atoms with Crippen LogP contribution in [0.1, 0.15) is 36.0 Å². The maximum atomic E-state index is 10.8. The zero-order valence-electron chi connectivity index (χ0n) is 14.4. The lowest BCUT2D eigenvalue weighted by atomic mass is 9.91. The van der Waals surface area contributed by atoms with Gasteiger partial charge >= 0.3 is 5.97 Å². The maximum Gasteiger partial charge on any atom is 0.341 e. The van der Waals surface area contributed by atoms with Crippen molar-refractivity contribution in [2.75, 3.05) is 12.4 Å². The van der Waals surface area contributed by atoms with Crippen molar-refractivity contribution >= 4 is 17.7 Å². The number of fused-ring (bicyclic) bond motifs is 1. The van der Waals surface area contributed by atoms with E-state index < -0.39 is 5.97 Å². The highest BCUT2D eigenvalue weighted by atomic mass is 32.2. The Labute approximate surface area is 153 Å². The van der Waals surface area contributed by atoms with Gasteiger partial charge in [0.05, 0.1) is 0 Å². The van der Waals surface area contributed by atoms with E-state index in [0.717, 1.165) is 43.6 Å². The van der Waals surface area contributed by atoms with Gasteiger partial charge in [0, 0.05) is 4.90 Å². The van der Waals surface area contributed by atoms with Gasteiger partial charge in [0.1, 0.15) is 5.75 Å². The first-order valence-electron chi connectivity index (χ1n) is 8.90. The van der Waals surface area contributed by atoms with Crippen molar-refractivity contribution in [1.82, 2.24) is 0 Å². The molecule has 0 aromatic heterocycles. The van der Waals surface area contributed by atoms with Crippen molar-refractivity contribution in [3.63, 3.8) is 0 Å². The third kappa shape index (κ3) is 5.02. The number of aliphatic carboxylic acids is 1. The average Bonchev–Trinajstić information content (AvgIpc) is 2.65. The fourth-order valence-corrected chi connectivity index (χ4v) is 4.39. The molecule has 0 aliphatic heterocycles. The molecule has 0 spiro atoms. The topological polar surface area (TPSA) is 46.5 Å². The minimum Gasteiger partial charge on any atom is -0.482 e. The Morgan fingerprint density at radius 1 is 1.04 bits per heavy atom. The van der Waals surface area contributed by atoms with Gasteiger partial charge in [0.2, 0.25) is 0 Å². The Morgan fingerprint density at radius 3 is 2.56 bits per heavy atom. The molecule has 0 bridgehead atoms. The fourth-order valence-electron chi connectivity index (χ4n) is 3.31. The maximum absolute atomic E-state index is 10.8. The first-order chi connectivity index (χ1) is 12.2. The molecule has 2 aromatic carbocycles. The predicted octanol–water partition coefficient (Wildman–Crippen LogP) is 4.75. The second-order valence-corrected chi connectivity index (χ2v) is 7.48. The third-order valence-electron chi connectivity index (χ3n) is 4.51. The summed E-state index contributed by atoms with van der Waals surface area (Å²) in [6.07, 6.45) is 6.67. The smallest absolute Gasteiger partial charge is 0.341 e. The van der Waals surface area contributed by atoms with Crippen molar-refractivity contribution in [1.29, 1.82) is 0 Å². The normalized spacial score (nSPS) is 13.3. The van der Waals surface area contributed by atoms with Gasteiger partial charge in [-0.15, -0.1) is 11.8 Å². The zero-order valence-corrected chi connectivity index (χ0v) is 15.2. The lowest BCUT2D eigenvalue weighted by Crippen LogP contribution is -2.13. The van der Waals surface area contributed by atoms with Crippen LogP contribution in [0.2, 0.25) is 0 Å². The second-order valence-electron chi connectivity index (χ2n) is 6.35. The van der Waals surface area contributed by atoms with E-state index in [0.29, 0.717) is 0 Å². The highest BCUT2D eigenvalue weighted by Crippen LogP contribution is 2.37. The molecule has 3 nitrogen and oxygen atoms in total. The van der Waals surface area contributed by atoms with E-state index >= 15 is 0 Å². The largest absolute Gasteiger partial charge is 0.482 e. The highest BCUT2D eigenvalue weighted by molar-refractivity contribution is 7.99. The Kier molecular flexibility index (Phi) is 6.40. The molecule has 1 aliphatic carbocycles. The molecule has 0 amide bonds. The number of hydrogen-bond donors (Lipinski definition) is 1. The van der Waals surface area contributed by atoms with Crippen LogP contribution in [0, 0.1) is 0 Å². The van der Waals surface area contributed by atoms with Crippen molar-refractivity contribution in [3.8, 4) is 5.75 Å². The van der Waals surface area contributed by atoms with Gasteiger partial charge in [-0.2, -0.15) is 0 Å². The number of carbonyl (C=O) groups is 1. The summed E-state index contributed by atoms with van der Waals surface area (Å²) < 4.78 is 5.50. The first kappa shape index (κ1) is 17.9. The van der Waals surface area contributed by atoms with Gasteiger partial charge in [-0.3, -0.25) is 0 Å². The van der Waals surface area contributed by atoms with Crippen LogP contribution in [0.3, 0.4) is 0 Å². The molecule has 132 valence electrons. The molecule has 0 atom stereocenters. The monoisotopic (exact) mass is 356 g/mol. The van der Waals surface area contributed by atoms with Crippen LogP contribution in [0.5, 0.6) is 5.75 Å². The van der Waals surface area contributed by atoms with Crippen LogP contribution in [-0.4, -0.2) is 23.4 Å². The number of thioether (sulfide) groups is 1. The quantitative estimate of drug-likeness (QED) is 0.547. The van der Waals surface area contributed by atoms with Crippen LogP contribution in [0.25, 0.3) is 0 Å². The van der Waals surface area contributed by atoms with Gasteiger partial charge in [-0.25, -0.2) is 4.79 Å². The number of benzene rings is 2. The second kappa shape index (κ2) is 8.95. The first-order valence-corrected chi connectivity index (χ1v) is 9.88. The van der Waals surface area contributed by atoms with Crippen LogP contribution in [0.4, 0.5) is 0 Å². The molecule has 25 heavy (non-hydrogen) atoms. The molecule has 0 fully saturated rings. The van der Waals surface area contributed by atoms with E-state index in [4.69, 9.17) is 9.84 Å². The van der Waals surface area contributed by atoms with Crippen molar-refractivity contribution in [2.45, 2.75) is 43.4 Å². The van der Waals surface area contributed by atoms with Crippen molar-refractivity contribution < 1.29 is 14.6 Å². The summed E-state index contributed by atoms with van der Waals surface area (Å²) in [7, 11) is 0. The van der Waals surface area contributed by atoms with E-state index in [1.165, 1.54) is 28.0 Å². The Balaban J connectivity index is 1.62. The van der Waals surface area contributed by atoms with Crippen LogP contribution in [0.15, 0.2) is 47.4 Å². The summed E-state index contributed by atoms with van der Waals surface area (Å²) >= 11 is 1.92. The molecule has 3 rings (SSSR count). The molecule has 1 N–H and O–H groups in total. The number of carboxylic acid groups (broad SMARTS) is 1. The third-order valence-corrected chi connectivity index (χ3v) is 5.70. The SMILES string of the molecule is O=C(O)COc1ccc(SCCCc2ccccc2)c2c1CCCC2. The molecule has 2 aromatic rings. The minimum atomic E-state index is -0.927. The molecular formula is C21H24O3S. The van der Waals surface area contributed by atoms with Gasteiger partial charge in [0.15, 0.2) is 6.61 Å². The van der Waals surface area contributed by atoms with E-state index in [1.54, 1.807) is 0 Å². The zero-order chi connectivity index (χ0) is 17.5. The Bertz CT molecular complexity index is 713. The molecule has 0 saturated carbocycles. The van der Waals surface area contributed by atoms with Gasteiger partial charge in [-0.05, 0) is 73.1 Å². The molecule has 0 unspecified atom stereocenters. The summed E-state index contributed by atoms with van der Waals surface area (Å²) in [5.41, 5.74) is 3.99. The molecule has 0 heterocycles. The number of hydrogen-bond acceptors (Lipinski definition) is 3. The van der Waals surface area contributed by atoms with Gasteiger partial charge in [-0.1, -0.05) is 30.3 Å². The molecule has 0 radical (unpaired) electrons. The average molecular weight is 356 g/mol. The summed E-state index contributed by atoms with van der Waals surface area (Å²) in [5.74, 6) is 0.922. The predicted molar refractivity (Wildman–Crippen MR) is 102 cm³/mol. The fraction of sp³-hybridized carbons (Fsp3) is 0.381. The number of carboxylic acids is 1.